The average molecular weight is 287 g/mol. The van der Waals surface area contributed by atoms with Crippen LogP contribution in [0.4, 0.5) is 0 Å². The van der Waals surface area contributed by atoms with Gasteiger partial charge in [0.25, 0.3) is 0 Å². The predicted molar refractivity (Wildman–Crippen MR) is 65.4 cm³/mol. The number of aromatic nitrogens is 1. The number of unbranched alkanes of at least 4 members (excludes halogenated alkanes) is 2. The molecule has 0 spiro atoms. The number of aryl methyl sites for hydroxylation is 2. The Morgan fingerprint density at radius 3 is 2.58 bits per heavy atom. The lowest BCUT2D eigenvalue weighted by atomic mass is 10.2. The maximum absolute atomic E-state index is 10.9. The summed E-state index contributed by atoms with van der Waals surface area (Å²) in [7, 11) is -4.44. The molecule has 0 aliphatic carbocycles. The molecule has 0 aromatic carbocycles. The van der Waals surface area contributed by atoms with E-state index in [1.165, 1.54) is 12.3 Å². The summed E-state index contributed by atoms with van der Waals surface area (Å²) in [6.45, 7) is 2.38. The predicted octanol–water partition coefficient (Wildman–Crippen LogP) is 0.832. The molecule has 0 fully saturated rings. The maximum atomic E-state index is 10.9. The van der Waals surface area contributed by atoms with Crippen LogP contribution in [0.5, 0.6) is 0 Å². The lowest BCUT2D eigenvalue weighted by molar-refractivity contribution is -0.705. The minimum absolute atomic E-state index is 0.138. The van der Waals surface area contributed by atoms with Crippen LogP contribution >= 0.6 is 0 Å². The molecule has 106 valence electrons. The number of carboxylic acids is 1. The van der Waals surface area contributed by atoms with Crippen molar-refractivity contribution in [3.8, 4) is 0 Å². The molecular weight excluding hydrogens is 270 g/mol. The van der Waals surface area contributed by atoms with Crippen molar-refractivity contribution in [3.63, 3.8) is 0 Å². The molecule has 0 unspecified atom stereocenters. The second-order valence-electron chi connectivity index (χ2n) is 4.36. The second kappa shape index (κ2) is 6.63. The van der Waals surface area contributed by atoms with Crippen molar-refractivity contribution in [1.29, 1.82) is 0 Å². The SMILES string of the molecule is Cc1ccc(S(=O)(=O)[O-])c[n+]1CCCCCC(=O)O. The molecule has 0 saturated carbocycles. The fraction of sp³-hybridized carbons (Fsp3) is 0.500. The van der Waals surface area contributed by atoms with Crippen LogP contribution in [0.2, 0.25) is 0 Å². The number of rotatable bonds is 7. The molecule has 1 aromatic heterocycles. The topological polar surface area (TPSA) is 98.4 Å². The fourth-order valence-electron chi connectivity index (χ4n) is 1.72. The second-order valence-corrected chi connectivity index (χ2v) is 5.74. The van der Waals surface area contributed by atoms with Gasteiger partial charge in [0.05, 0.1) is 0 Å². The van der Waals surface area contributed by atoms with Crippen LogP contribution < -0.4 is 4.57 Å². The third-order valence-electron chi connectivity index (χ3n) is 2.80. The number of aliphatic carboxylic acids is 1. The molecule has 0 radical (unpaired) electrons. The Kier molecular flexibility index (Phi) is 5.44. The largest absolute Gasteiger partial charge is 0.744 e. The van der Waals surface area contributed by atoms with Crippen LogP contribution in [0.15, 0.2) is 23.2 Å². The Hall–Kier alpha value is -1.47. The summed E-state index contributed by atoms with van der Waals surface area (Å²) < 4.78 is 34.4. The summed E-state index contributed by atoms with van der Waals surface area (Å²) in [4.78, 5) is 10.1. The van der Waals surface area contributed by atoms with E-state index in [-0.39, 0.29) is 11.3 Å². The molecular formula is C12H17NO5S. The molecule has 0 saturated heterocycles. The molecule has 0 amide bonds. The Bertz CT molecular complexity index is 553. The van der Waals surface area contributed by atoms with E-state index < -0.39 is 16.1 Å². The molecule has 1 rings (SSSR count). The minimum atomic E-state index is -4.44. The number of carboxylic acid groups (broad SMARTS) is 1. The maximum Gasteiger partial charge on any atom is 0.303 e. The van der Waals surface area contributed by atoms with E-state index >= 15 is 0 Å². The molecule has 6 nitrogen and oxygen atoms in total. The van der Waals surface area contributed by atoms with Crippen molar-refractivity contribution in [1.82, 2.24) is 0 Å². The van der Waals surface area contributed by atoms with Gasteiger partial charge >= 0.3 is 5.97 Å². The highest BCUT2D eigenvalue weighted by Gasteiger charge is 2.11. The smallest absolute Gasteiger partial charge is 0.303 e. The van der Waals surface area contributed by atoms with Crippen LogP contribution in [-0.4, -0.2) is 24.0 Å². The van der Waals surface area contributed by atoms with Crippen molar-refractivity contribution >= 4 is 16.1 Å². The fourth-order valence-corrected chi connectivity index (χ4v) is 2.21. The van der Waals surface area contributed by atoms with Gasteiger partial charge in [-0.2, -0.15) is 0 Å². The van der Waals surface area contributed by atoms with Crippen LogP contribution in [0.25, 0.3) is 0 Å². The quantitative estimate of drug-likeness (QED) is 0.455. The van der Waals surface area contributed by atoms with Crippen molar-refractivity contribution in [2.45, 2.75) is 44.0 Å². The molecule has 1 N–H and O–H groups in total. The lowest BCUT2D eigenvalue weighted by Crippen LogP contribution is -2.37. The highest BCUT2D eigenvalue weighted by atomic mass is 32.2. The first-order chi connectivity index (χ1) is 8.80. The van der Waals surface area contributed by atoms with Gasteiger partial charge in [-0.25, -0.2) is 13.0 Å². The lowest BCUT2D eigenvalue weighted by Gasteiger charge is -2.07. The number of nitrogens with zero attached hydrogens (tertiary/aromatic N) is 1. The van der Waals surface area contributed by atoms with E-state index in [0.29, 0.717) is 13.0 Å². The van der Waals surface area contributed by atoms with E-state index in [0.717, 1.165) is 18.5 Å². The zero-order chi connectivity index (χ0) is 14.5. The van der Waals surface area contributed by atoms with E-state index in [9.17, 15) is 17.8 Å². The molecule has 1 aromatic rings. The third kappa shape index (κ3) is 5.35. The van der Waals surface area contributed by atoms with Crippen LogP contribution in [-0.2, 0) is 21.5 Å². The first kappa shape index (κ1) is 15.6. The standard InChI is InChI=1S/C12H17NO5S/c1-10-6-7-11(19(16,17)18)9-13(10)8-4-2-3-5-12(14)15/h6-7,9H,2-5,8H2,1H3,(H-,14,15,16,17,18). The third-order valence-corrected chi connectivity index (χ3v) is 3.62. The Morgan fingerprint density at radius 2 is 2.00 bits per heavy atom. The summed E-state index contributed by atoms with van der Waals surface area (Å²) in [5.41, 5.74) is 0.852. The van der Waals surface area contributed by atoms with E-state index in [1.807, 2.05) is 6.92 Å². The van der Waals surface area contributed by atoms with Gasteiger partial charge in [0.2, 0.25) is 0 Å². The number of carbonyl (C=O) groups is 1. The van der Waals surface area contributed by atoms with Crippen LogP contribution in [0, 0.1) is 6.92 Å². The van der Waals surface area contributed by atoms with Gasteiger partial charge in [-0.05, 0) is 18.9 Å². The summed E-state index contributed by atoms with van der Waals surface area (Å²) in [5, 5.41) is 8.49. The van der Waals surface area contributed by atoms with Crippen LogP contribution in [0.3, 0.4) is 0 Å². The number of pyridine rings is 1. The summed E-state index contributed by atoms with van der Waals surface area (Å²) in [6.07, 6.45) is 3.54. The highest BCUT2D eigenvalue weighted by molar-refractivity contribution is 7.85. The van der Waals surface area contributed by atoms with Gasteiger partial charge in [0.1, 0.15) is 21.6 Å². The Balaban J connectivity index is 2.60. The van der Waals surface area contributed by atoms with Crippen molar-refractivity contribution in [2.75, 3.05) is 0 Å². The zero-order valence-electron chi connectivity index (χ0n) is 10.7. The average Bonchev–Trinajstić information content (AvgIpc) is 2.29. The Labute approximate surface area is 112 Å². The zero-order valence-corrected chi connectivity index (χ0v) is 11.5. The van der Waals surface area contributed by atoms with Crippen molar-refractivity contribution in [3.05, 3.63) is 24.0 Å². The van der Waals surface area contributed by atoms with Gasteiger partial charge in [-0.3, -0.25) is 4.79 Å². The van der Waals surface area contributed by atoms with Crippen molar-refractivity contribution < 1.29 is 27.4 Å². The van der Waals surface area contributed by atoms with Gasteiger partial charge in [0.15, 0.2) is 11.9 Å². The normalized spacial score (nSPS) is 11.5. The molecule has 1 heterocycles. The first-order valence-electron chi connectivity index (χ1n) is 5.98. The Morgan fingerprint density at radius 1 is 1.32 bits per heavy atom. The highest BCUT2D eigenvalue weighted by Crippen LogP contribution is 2.06. The van der Waals surface area contributed by atoms with Gasteiger partial charge < -0.3 is 9.66 Å². The van der Waals surface area contributed by atoms with Crippen LogP contribution in [0.1, 0.15) is 31.4 Å². The molecule has 0 bridgehead atoms. The van der Waals surface area contributed by atoms with Gasteiger partial charge in [-0.15, -0.1) is 0 Å². The summed E-state index contributed by atoms with van der Waals surface area (Å²) in [6, 6.07) is 2.88. The summed E-state index contributed by atoms with van der Waals surface area (Å²) in [5.74, 6) is -0.816. The molecule has 7 heteroatoms. The van der Waals surface area contributed by atoms with E-state index in [2.05, 4.69) is 0 Å². The minimum Gasteiger partial charge on any atom is -0.744 e. The van der Waals surface area contributed by atoms with E-state index in [4.69, 9.17) is 5.11 Å². The molecule has 0 aliphatic rings. The monoisotopic (exact) mass is 287 g/mol. The van der Waals surface area contributed by atoms with E-state index in [1.54, 1.807) is 10.6 Å². The van der Waals surface area contributed by atoms with Gasteiger partial charge in [-0.1, -0.05) is 0 Å². The first-order valence-corrected chi connectivity index (χ1v) is 7.39. The van der Waals surface area contributed by atoms with Gasteiger partial charge in [0, 0.05) is 25.8 Å². The number of hydrogen-bond acceptors (Lipinski definition) is 4. The number of hydrogen-bond donors (Lipinski definition) is 1. The van der Waals surface area contributed by atoms with Crippen molar-refractivity contribution in [2.24, 2.45) is 0 Å². The molecule has 0 atom stereocenters. The molecule has 0 aliphatic heterocycles. The molecule has 19 heavy (non-hydrogen) atoms. The summed E-state index contributed by atoms with van der Waals surface area (Å²) >= 11 is 0.